The normalized spacial score (nSPS) is 11.3. The van der Waals surface area contributed by atoms with Gasteiger partial charge in [-0.3, -0.25) is 4.79 Å². The molecule has 1 N–H and O–H groups in total. The minimum absolute atomic E-state index is 0.168. The first-order chi connectivity index (χ1) is 18.3. The van der Waals surface area contributed by atoms with Gasteiger partial charge in [-0.1, -0.05) is 13.8 Å². The molecule has 1 amide bonds. The summed E-state index contributed by atoms with van der Waals surface area (Å²) in [5.74, 6) is 2.18. The van der Waals surface area contributed by atoms with Crippen LogP contribution in [0.5, 0.6) is 11.5 Å². The Morgan fingerprint density at radius 2 is 1.71 bits per heavy atom. The van der Waals surface area contributed by atoms with Crippen LogP contribution in [0.3, 0.4) is 0 Å². The molecule has 38 heavy (non-hydrogen) atoms. The fourth-order valence-electron chi connectivity index (χ4n) is 4.30. The topological polar surface area (TPSA) is 78.0 Å². The number of nitrogens with one attached hydrogen (secondary N) is 1. The van der Waals surface area contributed by atoms with Gasteiger partial charge in [0.15, 0.2) is 5.76 Å². The molecule has 0 aliphatic heterocycles. The van der Waals surface area contributed by atoms with Crippen molar-refractivity contribution in [2.24, 2.45) is 5.10 Å². The molecule has 0 fully saturated rings. The zero-order chi connectivity index (χ0) is 27.2. The maximum atomic E-state index is 12.5. The van der Waals surface area contributed by atoms with Gasteiger partial charge in [0.05, 0.1) is 12.8 Å². The summed E-state index contributed by atoms with van der Waals surface area (Å²) >= 11 is 0. The van der Waals surface area contributed by atoms with Gasteiger partial charge in [0.25, 0.3) is 0 Å². The molecule has 2 aromatic heterocycles. The summed E-state index contributed by atoms with van der Waals surface area (Å²) < 4.78 is 19.5. The van der Waals surface area contributed by atoms with Gasteiger partial charge in [0, 0.05) is 17.1 Å². The van der Waals surface area contributed by atoms with Crippen molar-refractivity contribution in [2.75, 3.05) is 6.61 Å². The highest BCUT2D eigenvalue weighted by molar-refractivity contribution is 5.92. The summed E-state index contributed by atoms with van der Waals surface area (Å²) in [6.45, 7) is 13.2. The van der Waals surface area contributed by atoms with Gasteiger partial charge >= 0.3 is 5.91 Å². The molecule has 4 rings (SSSR count). The number of hydrogen-bond donors (Lipinski definition) is 1. The smallest absolute Gasteiger partial charge is 0.307 e. The molecule has 2 heterocycles. The van der Waals surface area contributed by atoms with Crippen molar-refractivity contribution in [2.45, 2.75) is 54.1 Å². The lowest BCUT2D eigenvalue weighted by Crippen LogP contribution is -2.17. The lowest BCUT2D eigenvalue weighted by Gasteiger charge is -2.15. The van der Waals surface area contributed by atoms with Gasteiger partial charge in [-0.15, -0.1) is 0 Å². The predicted molar refractivity (Wildman–Crippen MR) is 150 cm³/mol. The molecule has 0 aliphatic rings. The molecule has 198 valence electrons. The molecule has 0 aliphatic carbocycles. The molecule has 0 saturated carbocycles. The van der Waals surface area contributed by atoms with Crippen molar-refractivity contribution in [3.63, 3.8) is 0 Å². The molecule has 2 aromatic carbocycles. The fourth-order valence-corrected chi connectivity index (χ4v) is 4.30. The van der Waals surface area contributed by atoms with E-state index in [9.17, 15) is 4.79 Å². The lowest BCUT2D eigenvalue weighted by molar-refractivity contribution is 0.0923. The number of furan rings is 1. The second-order valence-electron chi connectivity index (χ2n) is 9.53. The maximum absolute atomic E-state index is 12.5. The van der Waals surface area contributed by atoms with E-state index in [0.717, 1.165) is 33.9 Å². The van der Waals surface area contributed by atoms with E-state index in [0.29, 0.717) is 18.3 Å². The third kappa shape index (κ3) is 6.17. The number of rotatable bonds is 10. The molecular formula is C31H35N3O4. The number of carbonyl (C=O) groups is 1. The number of aryl methyl sites for hydroxylation is 3. The highest BCUT2D eigenvalue weighted by Gasteiger charge is 2.13. The molecular weight excluding hydrogens is 478 g/mol. The lowest BCUT2D eigenvalue weighted by atomic mass is 9.97. The van der Waals surface area contributed by atoms with Crippen LogP contribution in [0, 0.1) is 20.8 Å². The van der Waals surface area contributed by atoms with Crippen LogP contribution in [-0.2, 0) is 6.61 Å². The maximum Gasteiger partial charge on any atom is 0.307 e. The Morgan fingerprint density at radius 1 is 1.00 bits per heavy atom. The van der Waals surface area contributed by atoms with E-state index in [2.05, 4.69) is 61.0 Å². The monoisotopic (exact) mass is 513 g/mol. The molecule has 7 heteroatoms. The Balaban J connectivity index is 1.34. The Labute approximate surface area is 224 Å². The van der Waals surface area contributed by atoms with Crippen molar-refractivity contribution in [3.8, 4) is 17.2 Å². The number of benzene rings is 2. The number of aromatic nitrogens is 1. The number of hydrazone groups is 1. The minimum atomic E-state index is -0.429. The van der Waals surface area contributed by atoms with Gasteiger partial charge in [0.2, 0.25) is 0 Å². The van der Waals surface area contributed by atoms with E-state index < -0.39 is 5.91 Å². The summed E-state index contributed by atoms with van der Waals surface area (Å²) in [6, 6.07) is 19.5. The fraction of sp³-hybridized carbons (Fsp3) is 0.290. The molecule has 7 nitrogen and oxygen atoms in total. The second-order valence-corrected chi connectivity index (χ2v) is 9.53. The van der Waals surface area contributed by atoms with E-state index >= 15 is 0 Å². The number of hydrogen-bond acceptors (Lipinski definition) is 5. The second kappa shape index (κ2) is 11.9. The summed E-state index contributed by atoms with van der Waals surface area (Å²) in [4.78, 5) is 12.5. The zero-order valence-electron chi connectivity index (χ0n) is 22.9. The average Bonchev–Trinajstić information content (AvgIpc) is 3.50. The third-order valence-electron chi connectivity index (χ3n) is 6.32. The van der Waals surface area contributed by atoms with Crippen molar-refractivity contribution in [1.29, 1.82) is 0 Å². The van der Waals surface area contributed by atoms with Gasteiger partial charge < -0.3 is 18.5 Å². The van der Waals surface area contributed by atoms with Crippen LogP contribution in [-0.4, -0.2) is 23.3 Å². The first-order valence-electron chi connectivity index (χ1n) is 12.8. The Kier molecular flexibility index (Phi) is 8.36. The van der Waals surface area contributed by atoms with E-state index in [1.165, 1.54) is 11.4 Å². The van der Waals surface area contributed by atoms with Crippen molar-refractivity contribution >= 4 is 12.1 Å². The highest BCUT2D eigenvalue weighted by Crippen LogP contribution is 2.29. The van der Waals surface area contributed by atoms with Gasteiger partial charge in [-0.05, 0) is 111 Å². The first kappa shape index (κ1) is 26.8. The molecule has 0 unspecified atom stereocenters. The first-order valence-corrected chi connectivity index (χ1v) is 12.8. The number of carbonyl (C=O) groups excluding carboxylic acids is 1. The predicted octanol–water partition coefficient (Wildman–Crippen LogP) is 6.86. The summed E-state index contributed by atoms with van der Waals surface area (Å²) in [7, 11) is 0. The van der Waals surface area contributed by atoms with Crippen LogP contribution in [0.2, 0.25) is 0 Å². The van der Waals surface area contributed by atoms with Crippen molar-refractivity contribution < 1.29 is 18.7 Å². The molecule has 4 aromatic rings. The van der Waals surface area contributed by atoms with Crippen molar-refractivity contribution in [3.05, 3.63) is 100 Å². The highest BCUT2D eigenvalue weighted by atomic mass is 16.5. The van der Waals surface area contributed by atoms with Crippen LogP contribution in [0.15, 0.2) is 70.2 Å². The van der Waals surface area contributed by atoms with Crippen LogP contribution in [0.1, 0.15) is 71.1 Å². The summed E-state index contributed by atoms with van der Waals surface area (Å²) in [5.41, 5.74) is 9.01. The number of amides is 1. The van der Waals surface area contributed by atoms with Crippen LogP contribution in [0.25, 0.3) is 5.69 Å². The molecule has 0 atom stereocenters. The quantitative estimate of drug-likeness (QED) is 0.186. The average molecular weight is 514 g/mol. The van der Waals surface area contributed by atoms with Crippen LogP contribution in [0.4, 0.5) is 0 Å². The molecule has 0 saturated heterocycles. The summed E-state index contributed by atoms with van der Waals surface area (Å²) in [5, 5.41) is 4.14. The van der Waals surface area contributed by atoms with E-state index in [4.69, 9.17) is 13.9 Å². The van der Waals surface area contributed by atoms with Crippen LogP contribution >= 0.6 is 0 Å². The summed E-state index contributed by atoms with van der Waals surface area (Å²) in [6.07, 6.45) is 1.64. The molecule has 0 radical (unpaired) electrons. The largest absolute Gasteiger partial charge is 0.494 e. The van der Waals surface area contributed by atoms with Crippen LogP contribution < -0.4 is 14.9 Å². The number of nitrogens with zero attached hydrogens (tertiary/aromatic N) is 2. The van der Waals surface area contributed by atoms with E-state index in [-0.39, 0.29) is 12.4 Å². The van der Waals surface area contributed by atoms with Gasteiger partial charge in [0.1, 0.15) is 23.9 Å². The Bertz CT molecular complexity index is 1410. The van der Waals surface area contributed by atoms with Gasteiger partial charge in [-0.2, -0.15) is 5.10 Å². The molecule has 0 bridgehead atoms. The van der Waals surface area contributed by atoms with Crippen molar-refractivity contribution in [1.82, 2.24) is 9.99 Å². The SMILES string of the molecule is CCOc1cc(C)c(/C=N/NC(=O)c2ccc(COc3ccc(-n4c(C)ccc4C)cc3)o2)cc1C(C)C. The molecule has 0 spiro atoms. The Morgan fingerprint density at radius 3 is 2.37 bits per heavy atom. The minimum Gasteiger partial charge on any atom is -0.494 e. The standard InChI is InChI=1S/C31H35N3O4/c1-7-36-30-16-21(4)24(17-28(30)20(2)3)18-32-33-31(35)29-15-14-27(38-29)19-37-26-12-10-25(11-13-26)34-22(5)8-9-23(34)6/h8-18,20H,7,19H2,1-6H3,(H,33,35)/b32-18+. The zero-order valence-corrected chi connectivity index (χ0v) is 22.9. The number of ether oxygens (including phenoxy) is 2. The van der Waals surface area contributed by atoms with E-state index in [1.807, 2.05) is 44.2 Å². The van der Waals surface area contributed by atoms with E-state index in [1.54, 1.807) is 18.3 Å². The third-order valence-corrected chi connectivity index (χ3v) is 6.32. The van der Waals surface area contributed by atoms with Gasteiger partial charge in [-0.25, -0.2) is 5.43 Å². The Hall–Kier alpha value is -4.26.